The van der Waals surface area contributed by atoms with Gasteiger partial charge in [0.05, 0.1) is 0 Å². The lowest BCUT2D eigenvalue weighted by Crippen LogP contribution is -1.89. The third-order valence-electron chi connectivity index (χ3n) is 1.88. The number of benzene rings is 1. The van der Waals surface area contributed by atoms with Crippen molar-refractivity contribution in [2.75, 3.05) is 5.33 Å². The molecule has 0 atom stereocenters. The Morgan fingerprint density at radius 2 is 2.08 bits per heavy atom. The summed E-state index contributed by atoms with van der Waals surface area (Å²) < 4.78 is 1.17. The molecule has 0 unspecified atom stereocenters. The van der Waals surface area contributed by atoms with Gasteiger partial charge in [-0.25, -0.2) is 0 Å². The Balaban J connectivity index is 2.72. The zero-order chi connectivity index (χ0) is 8.97. The topological polar surface area (TPSA) is 0 Å². The molecule has 0 amide bonds. The Morgan fingerprint density at radius 3 is 2.67 bits per heavy atom. The molecule has 0 aromatic heterocycles. The third-order valence-corrected chi connectivity index (χ3v) is 2.94. The van der Waals surface area contributed by atoms with Crippen LogP contribution in [0.3, 0.4) is 0 Å². The SMILES string of the molecule is Cc1cc(Br)ccc1CCCBr. The maximum Gasteiger partial charge on any atom is 0.0178 e. The summed E-state index contributed by atoms with van der Waals surface area (Å²) in [5, 5.41) is 1.09. The van der Waals surface area contributed by atoms with Crippen LogP contribution in [0.25, 0.3) is 0 Å². The van der Waals surface area contributed by atoms with Gasteiger partial charge in [0.15, 0.2) is 0 Å². The molecule has 0 aliphatic heterocycles. The van der Waals surface area contributed by atoms with E-state index in [1.165, 1.54) is 28.4 Å². The highest BCUT2D eigenvalue weighted by molar-refractivity contribution is 9.10. The first kappa shape index (κ1) is 10.3. The van der Waals surface area contributed by atoms with Crippen LogP contribution >= 0.6 is 31.9 Å². The second-order valence-corrected chi connectivity index (χ2v) is 4.57. The lowest BCUT2D eigenvalue weighted by molar-refractivity contribution is 0.929. The van der Waals surface area contributed by atoms with E-state index in [0.717, 1.165) is 5.33 Å². The first-order chi connectivity index (χ1) is 5.74. The lowest BCUT2D eigenvalue weighted by atomic mass is 10.1. The number of rotatable bonds is 3. The van der Waals surface area contributed by atoms with Crippen molar-refractivity contribution in [3.63, 3.8) is 0 Å². The highest BCUT2D eigenvalue weighted by Crippen LogP contribution is 2.17. The summed E-state index contributed by atoms with van der Waals surface area (Å²) in [7, 11) is 0. The summed E-state index contributed by atoms with van der Waals surface area (Å²) in [6.45, 7) is 2.16. The summed E-state index contributed by atoms with van der Waals surface area (Å²) in [6, 6.07) is 6.47. The van der Waals surface area contributed by atoms with Crippen LogP contribution in [-0.4, -0.2) is 5.33 Å². The molecule has 0 saturated heterocycles. The molecule has 0 N–H and O–H groups in total. The Morgan fingerprint density at radius 1 is 1.33 bits per heavy atom. The molecule has 0 bridgehead atoms. The number of halogens is 2. The van der Waals surface area contributed by atoms with E-state index in [-0.39, 0.29) is 0 Å². The molecule has 1 aromatic rings. The minimum atomic E-state index is 1.09. The lowest BCUT2D eigenvalue weighted by Gasteiger charge is -2.04. The molecule has 0 heterocycles. The van der Waals surface area contributed by atoms with Crippen LogP contribution < -0.4 is 0 Å². The predicted molar refractivity (Wildman–Crippen MR) is 61.0 cm³/mol. The fraction of sp³-hybridized carbons (Fsp3) is 0.400. The van der Waals surface area contributed by atoms with Crippen LogP contribution in [0.2, 0.25) is 0 Å². The molecule has 0 radical (unpaired) electrons. The van der Waals surface area contributed by atoms with Gasteiger partial charge in [-0.2, -0.15) is 0 Å². The van der Waals surface area contributed by atoms with Crippen LogP contribution in [0, 0.1) is 6.92 Å². The van der Waals surface area contributed by atoms with E-state index < -0.39 is 0 Å². The highest BCUT2D eigenvalue weighted by atomic mass is 79.9. The predicted octanol–water partition coefficient (Wildman–Crippen LogP) is 4.09. The molecule has 0 spiro atoms. The average Bonchev–Trinajstić information content (AvgIpc) is 2.03. The van der Waals surface area contributed by atoms with Crippen molar-refractivity contribution in [1.82, 2.24) is 0 Å². The van der Waals surface area contributed by atoms with Crippen molar-refractivity contribution in [3.8, 4) is 0 Å². The molecule has 1 aromatic carbocycles. The van der Waals surface area contributed by atoms with Crippen molar-refractivity contribution in [1.29, 1.82) is 0 Å². The van der Waals surface area contributed by atoms with E-state index in [4.69, 9.17) is 0 Å². The second kappa shape index (κ2) is 5.03. The smallest absolute Gasteiger partial charge is 0.0178 e. The van der Waals surface area contributed by atoms with Crippen LogP contribution in [0.5, 0.6) is 0 Å². The standard InChI is InChI=1S/C10H12Br2/c1-8-7-10(12)5-4-9(8)3-2-6-11/h4-5,7H,2-3,6H2,1H3. The Labute approximate surface area is 90.6 Å². The van der Waals surface area contributed by atoms with Crippen LogP contribution in [0.15, 0.2) is 22.7 Å². The van der Waals surface area contributed by atoms with Gasteiger partial charge in [-0.3, -0.25) is 0 Å². The van der Waals surface area contributed by atoms with Gasteiger partial charge in [-0.1, -0.05) is 37.9 Å². The van der Waals surface area contributed by atoms with Gasteiger partial charge < -0.3 is 0 Å². The Kier molecular flexibility index (Phi) is 4.30. The number of alkyl halides is 1. The zero-order valence-electron chi connectivity index (χ0n) is 7.11. The molecule has 0 aliphatic rings. The number of hydrogen-bond donors (Lipinski definition) is 0. The van der Waals surface area contributed by atoms with Crippen LogP contribution in [0.1, 0.15) is 17.5 Å². The number of hydrogen-bond acceptors (Lipinski definition) is 0. The molecule has 1 rings (SSSR count). The fourth-order valence-corrected chi connectivity index (χ4v) is 1.95. The van der Waals surface area contributed by atoms with Gasteiger partial charge in [-0.15, -0.1) is 0 Å². The van der Waals surface area contributed by atoms with Crippen LogP contribution in [0.4, 0.5) is 0 Å². The monoisotopic (exact) mass is 290 g/mol. The second-order valence-electron chi connectivity index (χ2n) is 2.86. The minimum absolute atomic E-state index is 1.09. The molecule has 0 nitrogen and oxygen atoms in total. The van der Waals surface area contributed by atoms with E-state index in [2.05, 4.69) is 57.0 Å². The quantitative estimate of drug-likeness (QED) is 0.736. The van der Waals surface area contributed by atoms with E-state index >= 15 is 0 Å². The van der Waals surface area contributed by atoms with Gasteiger partial charge in [0.25, 0.3) is 0 Å². The molecule has 12 heavy (non-hydrogen) atoms. The summed E-state index contributed by atoms with van der Waals surface area (Å²) >= 11 is 6.89. The van der Waals surface area contributed by atoms with Gasteiger partial charge in [0.2, 0.25) is 0 Å². The first-order valence-electron chi connectivity index (χ1n) is 4.05. The molecular weight excluding hydrogens is 280 g/mol. The molecule has 0 saturated carbocycles. The molecular formula is C10H12Br2. The Hall–Kier alpha value is 0.180. The van der Waals surface area contributed by atoms with Gasteiger partial charge in [-0.05, 0) is 43.0 Å². The van der Waals surface area contributed by atoms with Crippen molar-refractivity contribution < 1.29 is 0 Å². The molecule has 2 heteroatoms. The minimum Gasteiger partial charge on any atom is -0.0928 e. The largest absolute Gasteiger partial charge is 0.0928 e. The zero-order valence-corrected chi connectivity index (χ0v) is 10.3. The maximum atomic E-state index is 3.46. The van der Waals surface area contributed by atoms with E-state index in [1.807, 2.05) is 0 Å². The normalized spacial score (nSPS) is 10.2. The summed E-state index contributed by atoms with van der Waals surface area (Å²) in [4.78, 5) is 0. The van der Waals surface area contributed by atoms with Gasteiger partial charge in [0.1, 0.15) is 0 Å². The van der Waals surface area contributed by atoms with Gasteiger partial charge in [0, 0.05) is 9.80 Å². The van der Waals surface area contributed by atoms with Crippen LogP contribution in [-0.2, 0) is 6.42 Å². The molecule has 0 fully saturated rings. The fourth-order valence-electron chi connectivity index (χ4n) is 1.20. The van der Waals surface area contributed by atoms with E-state index in [1.54, 1.807) is 0 Å². The highest BCUT2D eigenvalue weighted by Gasteiger charge is 1.97. The number of aryl methyl sites for hydroxylation is 2. The molecule has 66 valence electrons. The van der Waals surface area contributed by atoms with Crippen molar-refractivity contribution in [2.24, 2.45) is 0 Å². The van der Waals surface area contributed by atoms with E-state index in [9.17, 15) is 0 Å². The third kappa shape index (κ3) is 2.91. The van der Waals surface area contributed by atoms with E-state index in [0.29, 0.717) is 0 Å². The Bertz CT molecular complexity index is 256. The van der Waals surface area contributed by atoms with Gasteiger partial charge >= 0.3 is 0 Å². The maximum absolute atomic E-state index is 3.46. The van der Waals surface area contributed by atoms with Crippen molar-refractivity contribution in [3.05, 3.63) is 33.8 Å². The summed E-state index contributed by atoms with van der Waals surface area (Å²) in [5.41, 5.74) is 2.84. The molecule has 0 aliphatic carbocycles. The van der Waals surface area contributed by atoms with Crippen molar-refractivity contribution in [2.45, 2.75) is 19.8 Å². The first-order valence-corrected chi connectivity index (χ1v) is 5.96. The summed E-state index contributed by atoms with van der Waals surface area (Å²) in [5.74, 6) is 0. The average molecular weight is 292 g/mol. The van der Waals surface area contributed by atoms with Crippen molar-refractivity contribution >= 4 is 31.9 Å². The summed E-state index contributed by atoms with van der Waals surface area (Å²) in [6.07, 6.45) is 2.38.